The Labute approximate surface area is 145 Å². The van der Waals surface area contributed by atoms with Gasteiger partial charge in [0.1, 0.15) is 18.0 Å². The summed E-state index contributed by atoms with van der Waals surface area (Å²) in [6.07, 6.45) is 2.99. The van der Waals surface area contributed by atoms with Gasteiger partial charge in [0.05, 0.1) is 24.1 Å². The number of hydrogen-bond donors (Lipinski definition) is 0. The SMILES string of the molecule is O=C(C1CCN(c2ncnc3cccc(F)c23)CC1)N1CCOCC1. The molecule has 0 atom stereocenters. The fourth-order valence-electron chi connectivity index (χ4n) is 3.67. The van der Waals surface area contributed by atoms with E-state index >= 15 is 0 Å². The van der Waals surface area contributed by atoms with Crippen LogP contribution in [-0.2, 0) is 9.53 Å². The van der Waals surface area contributed by atoms with Gasteiger partial charge in [-0.2, -0.15) is 0 Å². The molecule has 0 radical (unpaired) electrons. The maximum Gasteiger partial charge on any atom is 0.225 e. The zero-order chi connectivity index (χ0) is 17.2. The zero-order valence-electron chi connectivity index (χ0n) is 14.0. The molecular weight excluding hydrogens is 323 g/mol. The van der Waals surface area contributed by atoms with Crippen molar-refractivity contribution in [2.24, 2.45) is 5.92 Å². The summed E-state index contributed by atoms with van der Waals surface area (Å²) in [6, 6.07) is 4.88. The normalized spacial score (nSPS) is 19.4. The Morgan fingerprint density at radius 3 is 2.64 bits per heavy atom. The number of nitrogens with zero attached hydrogens (tertiary/aromatic N) is 4. The molecule has 0 unspecified atom stereocenters. The van der Waals surface area contributed by atoms with E-state index in [1.807, 2.05) is 4.90 Å². The number of ether oxygens (including phenoxy) is 1. The number of benzene rings is 1. The van der Waals surface area contributed by atoms with Crippen molar-refractivity contribution in [3.63, 3.8) is 0 Å². The standard InChI is InChI=1S/C18H21FN4O2/c19-14-2-1-3-15-16(14)17(21-12-20-15)22-6-4-13(5-7-22)18(24)23-8-10-25-11-9-23/h1-3,12-13H,4-11H2. The van der Waals surface area contributed by atoms with Crippen LogP contribution in [0.1, 0.15) is 12.8 Å². The van der Waals surface area contributed by atoms with Crippen LogP contribution in [0.2, 0.25) is 0 Å². The van der Waals surface area contributed by atoms with Crippen LogP contribution in [0.3, 0.4) is 0 Å². The minimum Gasteiger partial charge on any atom is -0.378 e. The number of fused-ring (bicyclic) bond motifs is 1. The van der Waals surface area contributed by atoms with Crippen LogP contribution < -0.4 is 4.90 Å². The first-order valence-corrected chi connectivity index (χ1v) is 8.75. The molecule has 4 rings (SSSR count). The van der Waals surface area contributed by atoms with Crippen LogP contribution in [0.4, 0.5) is 10.2 Å². The molecule has 0 aliphatic carbocycles. The summed E-state index contributed by atoms with van der Waals surface area (Å²) in [5.74, 6) is 0.578. The maximum atomic E-state index is 14.3. The van der Waals surface area contributed by atoms with Crippen molar-refractivity contribution in [1.82, 2.24) is 14.9 Å². The van der Waals surface area contributed by atoms with E-state index in [0.29, 0.717) is 56.1 Å². The first kappa shape index (κ1) is 16.2. The summed E-state index contributed by atoms with van der Waals surface area (Å²) in [7, 11) is 0. The summed E-state index contributed by atoms with van der Waals surface area (Å²) < 4.78 is 19.6. The third kappa shape index (κ3) is 3.16. The fourth-order valence-corrected chi connectivity index (χ4v) is 3.67. The lowest BCUT2D eigenvalue weighted by Crippen LogP contribution is -2.47. The van der Waals surface area contributed by atoms with Gasteiger partial charge in [0.15, 0.2) is 0 Å². The van der Waals surface area contributed by atoms with Crippen LogP contribution in [0.15, 0.2) is 24.5 Å². The summed E-state index contributed by atoms with van der Waals surface area (Å²) >= 11 is 0. The van der Waals surface area contributed by atoms with E-state index in [1.165, 1.54) is 12.4 Å². The molecular formula is C18H21FN4O2. The number of amides is 1. The van der Waals surface area contributed by atoms with E-state index in [9.17, 15) is 9.18 Å². The van der Waals surface area contributed by atoms with Crippen molar-refractivity contribution in [2.45, 2.75) is 12.8 Å². The lowest BCUT2D eigenvalue weighted by Gasteiger charge is -2.36. The Balaban J connectivity index is 1.48. The van der Waals surface area contributed by atoms with Gasteiger partial charge in [0.2, 0.25) is 5.91 Å². The molecule has 0 spiro atoms. The van der Waals surface area contributed by atoms with Crippen molar-refractivity contribution in [3.8, 4) is 0 Å². The van der Waals surface area contributed by atoms with Crippen molar-refractivity contribution in [3.05, 3.63) is 30.3 Å². The van der Waals surface area contributed by atoms with Crippen molar-refractivity contribution in [1.29, 1.82) is 0 Å². The van der Waals surface area contributed by atoms with Gasteiger partial charge in [0.25, 0.3) is 0 Å². The molecule has 25 heavy (non-hydrogen) atoms. The Kier molecular flexibility index (Phi) is 4.48. The molecule has 0 bridgehead atoms. The van der Waals surface area contributed by atoms with E-state index < -0.39 is 0 Å². The first-order chi connectivity index (χ1) is 12.2. The molecule has 1 aromatic heterocycles. The number of carbonyl (C=O) groups excluding carboxylic acids is 1. The van der Waals surface area contributed by atoms with E-state index in [0.717, 1.165) is 12.8 Å². The van der Waals surface area contributed by atoms with Gasteiger partial charge in [-0.3, -0.25) is 4.79 Å². The van der Waals surface area contributed by atoms with Crippen molar-refractivity contribution >= 4 is 22.6 Å². The number of rotatable bonds is 2. The van der Waals surface area contributed by atoms with Crippen molar-refractivity contribution < 1.29 is 13.9 Å². The highest BCUT2D eigenvalue weighted by molar-refractivity contribution is 5.90. The third-order valence-electron chi connectivity index (χ3n) is 5.06. The third-order valence-corrected chi connectivity index (χ3v) is 5.06. The fraction of sp³-hybridized carbons (Fsp3) is 0.500. The molecule has 2 aromatic rings. The average Bonchev–Trinajstić information content (AvgIpc) is 2.68. The molecule has 2 aliphatic rings. The summed E-state index contributed by atoms with van der Waals surface area (Å²) in [5.41, 5.74) is 0.608. The highest BCUT2D eigenvalue weighted by Gasteiger charge is 2.30. The van der Waals surface area contributed by atoms with Gasteiger partial charge < -0.3 is 14.5 Å². The quantitative estimate of drug-likeness (QED) is 0.832. The molecule has 3 heterocycles. The summed E-state index contributed by atoms with van der Waals surface area (Å²) in [4.78, 5) is 25.1. The molecule has 2 fully saturated rings. The van der Waals surface area contributed by atoms with Crippen LogP contribution in [0.5, 0.6) is 0 Å². The minimum absolute atomic E-state index is 0.0345. The van der Waals surface area contributed by atoms with E-state index in [2.05, 4.69) is 14.9 Å². The second-order valence-corrected chi connectivity index (χ2v) is 6.53. The molecule has 0 saturated carbocycles. The maximum absolute atomic E-state index is 14.3. The predicted octanol–water partition coefficient (Wildman–Crippen LogP) is 1.84. The molecule has 132 valence electrons. The van der Waals surface area contributed by atoms with Crippen LogP contribution in [0.25, 0.3) is 10.9 Å². The highest BCUT2D eigenvalue weighted by Crippen LogP contribution is 2.29. The topological polar surface area (TPSA) is 58.6 Å². The molecule has 0 N–H and O–H groups in total. The number of carbonyl (C=O) groups is 1. The molecule has 6 nitrogen and oxygen atoms in total. The molecule has 2 aliphatic heterocycles. The number of hydrogen-bond acceptors (Lipinski definition) is 5. The highest BCUT2D eigenvalue weighted by atomic mass is 19.1. The van der Waals surface area contributed by atoms with E-state index in [-0.39, 0.29) is 17.6 Å². The number of anilines is 1. The number of aromatic nitrogens is 2. The monoisotopic (exact) mass is 344 g/mol. The molecule has 1 aromatic carbocycles. The molecule has 2 saturated heterocycles. The van der Waals surface area contributed by atoms with Gasteiger partial charge in [-0.1, -0.05) is 6.07 Å². The number of halogens is 1. The Morgan fingerprint density at radius 1 is 1.12 bits per heavy atom. The van der Waals surface area contributed by atoms with Gasteiger partial charge in [-0.25, -0.2) is 14.4 Å². The Bertz CT molecular complexity index is 766. The second-order valence-electron chi connectivity index (χ2n) is 6.53. The van der Waals surface area contributed by atoms with Crippen LogP contribution in [-0.4, -0.2) is 60.2 Å². The van der Waals surface area contributed by atoms with Gasteiger partial charge in [0, 0.05) is 32.1 Å². The summed E-state index contributed by atoms with van der Waals surface area (Å²) in [6.45, 7) is 4.00. The Hall–Kier alpha value is -2.28. The van der Waals surface area contributed by atoms with E-state index in [4.69, 9.17) is 4.74 Å². The lowest BCUT2D eigenvalue weighted by atomic mass is 9.95. The van der Waals surface area contributed by atoms with Gasteiger partial charge in [-0.05, 0) is 25.0 Å². The number of piperidine rings is 1. The smallest absolute Gasteiger partial charge is 0.225 e. The van der Waals surface area contributed by atoms with Gasteiger partial charge in [-0.15, -0.1) is 0 Å². The first-order valence-electron chi connectivity index (χ1n) is 8.75. The largest absolute Gasteiger partial charge is 0.378 e. The van der Waals surface area contributed by atoms with Crippen LogP contribution in [0, 0.1) is 11.7 Å². The lowest BCUT2D eigenvalue weighted by molar-refractivity contribution is -0.140. The predicted molar refractivity (Wildman–Crippen MR) is 91.8 cm³/mol. The van der Waals surface area contributed by atoms with Crippen molar-refractivity contribution in [2.75, 3.05) is 44.3 Å². The summed E-state index contributed by atoms with van der Waals surface area (Å²) in [5, 5.41) is 0.461. The molecule has 7 heteroatoms. The average molecular weight is 344 g/mol. The van der Waals surface area contributed by atoms with Crippen LogP contribution >= 0.6 is 0 Å². The molecule has 1 amide bonds. The Morgan fingerprint density at radius 2 is 1.88 bits per heavy atom. The van der Waals surface area contributed by atoms with E-state index in [1.54, 1.807) is 12.1 Å². The second kappa shape index (κ2) is 6.92. The number of morpholine rings is 1. The van der Waals surface area contributed by atoms with Gasteiger partial charge >= 0.3 is 0 Å². The zero-order valence-corrected chi connectivity index (χ0v) is 14.0. The minimum atomic E-state index is -0.306.